The number of piperidine rings is 1. The van der Waals surface area contributed by atoms with Gasteiger partial charge in [-0.3, -0.25) is 0 Å². The lowest BCUT2D eigenvalue weighted by Gasteiger charge is -2.29. The van der Waals surface area contributed by atoms with Gasteiger partial charge in [0.25, 0.3) is 0 Å². The normalized spacial score (nSPS) is 22.5. The number of aryl methyl sites for hydroxylation is 2. The Labute approximate surface area is 110 Å². The van der Waals surface area contributed by atoms with Crippen molar-refractivity contribution in [2.24, 2.45) is 11.7 Å². The number of benzene rings is 1. The largest absolute Gasteiger partial charge is 0.324 e. The quantitative estimate of drug-likeness (QED) is 0.839. The van der Waals surface area contributed by atoms with Crippen LogP contribution in [-0.4, -0.2) is 13.1 Å². The molecule has 0 aromatic heterocycles. The van der Waals surface area contributed by atoms with Crippen molar-refractivity contribution < 1.29 is 0 Å². The summed E-state index contributed by atoms with van der Waals surface area (Å²) in [5, 5.41) is 3.42. The van der Waals surface area contributed by atoms with Gasteiger partial charge in [0.2, 0.25) is 0 Å². The van der Waals surface area contributed by atoms with Crippen LogP contribution in [0.1, 0.15) is 48.4 Å². The molecule has 0 bridgehead atoms. The van der Waals surface area contributed by atoms with Crippen LogP contribution in [-0.2, 0) is 12.8 Å². The topological polar surface area (TPSA) is 38.0 Å². The smallest absolute Gasteiger partial charge is 0.0324 e. The Balaban J connectivity index is 1.78. The number of fused-ring (bicyclic) bond motifs is 1. The van der Waals surface area contributed by atoms with E-state index in [9.17, 15) is 0 Å². The van der Waals surface area contributed by atoms with E-state index in [0.29, 0.717) is 5.92 Å². The minimum absolute atomic E-state index is 0.235. The van der Waals surface area contributed by atoms with E-state index in [0.717, 1.165) is 13.1 Å². The molecule has 1 fully saturated rings. The standard InChI is InChI=1S/C16H24N2/c17-16(13-7-9-18-10-8-13)15-6-5-12-3-1-2-4-14(12)11-15/h5-6,11,13,16,18H,1-4,7-10,17H2. The summed E-state index contributed by atoms with van der Waals surface area (Å²) >= 11 is 0. The van der Waals surface area contributed by atoms with Crippen molar-refractivity contribution in [1.82, 2.24) is 5.32 Å². The van der Waals surface area contributed by atoms with Gasteiger partial charge in [0, 0.05) is 6.04 Å². The molecule has 0 radical (unpaired) electrons. The lowest BCUT2D eigenvalue weighted by Crippen LogP contribution is -2.33. The molecule has 1 atom stereocenters. The second-order valence-corrected chi connectivity index (χ2v) is 5.85. The van der Waals surface area contributed by atoms with Crippen molar-refractivity contribution in [3.8, 4) is 0 Å². The molecular formula is C16H24N2. The average Bonchev–Trinajstić information content (AvgIpc) is 2.47. The number of hydrogen-bond acceptors (Lipinski definition) is 2. The van der Waals surface area contributed by atoms with Crippen LogP contribution in [0, 0.1) is 5.92 Å². The van der Waals surface area contributed by atoms with E-state index in [1.165, 1.54) is 44.1 Å². The Bertz CT molecular complexity index is 408. The summed E-state index contributed by atoms with van der Waals surface area (Å²) in [5.74, 6) is 0.660. The fraction of sp³-hybridized carbons (Fsp3) is 0.625. The molecule has 18 heavy (non-hydrogen) atoms. The van der Waals surface area contributed by atoms with Gasteiger partial charge in [0.15, 0.2) is 0 Å². The molecule has 2 aliphatic rings. The van der Waals surface area contributed by atoms with Crippen molar-refractivity contribution in [3.05, 3.63) is 34.9 Å². The molecule has 3 rings (SSSR count). The van der Waals surface area contributed by atoms with E-state index in [1.54, 1.807) is 11.1 Å². The summed E-state index contributed by atoms with van der Waals surface area (Å²) in [5.41, 5.74) is 11.0. The molecule has 0 amide bonds. The summed E-state index contributed by atoms with van der Waals surface area (Å²) in [6.07, 6.45) is 7.66. The second kappa shape index (κ2) is 5.41. The predicted octanol–water partition coefficient (Wildman–Crippen LogP) is 2.56. The first-order chi connectivity index (χ1) is 8.84. The van der Waals surface area contributed by atoms with Gasteiger partial charge in [-0.1, -0.05) is 18.2 Å². The summed E-state index contributed by atoms with van der Waals surface area (Å²) in [7, 11) is 0. The van der Waals surface area contributed by atoms with E-state index < -0.39 is 0 Å². The van der Waals surface area contributed by atoms with Crippen molar-refractivity contribution >= 4 is 0 Å². The molecule has 1 aliphatic heterocycles. The van der Waals surface area contributed by atoms with Crippen LogP contribution in [0.5, 0.6) is 0 Å². The fourth-order valence-corrected chi connectivity index (χ4v) is 3.44. The van der Waals surface area contributed by atoms with Crippen LogP contribution in [0.2, 0.25) is 0 Å². The number of rotatable bonds is 2. The molecule has 2 heteroatoms. The SMILES string of the molecule is NC(c1ccc2c(c1)CCCC2)C1CCNCC1. The van der Waals surface area contributed by atoms with Crippen molar-refractivity contribution in [2.45, 2.75) is 44.6 Å². The van der Waals surface area contributed by atoms with Gasteiger partial charge in [0.05, 0.1) is 0 Å². The Morgan fingerprint density at radius 3 is 2.56 bits per heavy atom. The third-order valence-electron chi connectivity index (χ3n) is 4.65. The highest BCUT2D eigenvalue weighted by Gasteiger charge is 2.22. The minimum Gasteiger partial charge on any atom is -0.324 e. The highest BCUT2D eigenvalue weighted by molar-refractivity contribution is 5.35. The Hall–Kier alpha value is -0.860. The van der Waals surface area contributed by atoms with Crippen LogP contribution in [0.25, 0.3) is 0 Å². The maximum absolute atomic E-state index is 6.48. The third-order valence-corrected chi connectivity index (χ3v) is 4.65. The van der Waals surface area contributed by atoms with E-state index in [4.69, 9.17) is 5.73 Å². The maximum Gasteiger partial charge on any atom is 0.0324 e. The summed E-state index contributed by atoms with van der Waals surface area (Å²) in [6.45, 7) is 2.26. The van der Waals surface area contributed by atoms with E-state index >= 15 is 0 Å². The van der Waals surface area contributed by atoms with Crippen LogP contribution in [0.3, 0.4) is 0 Å². The van der Waals surface area contributed by atoms with Gasteiger partial charge < -0.3 is 11.1 Å². The first-order valence-electron chi connectivity index (χ1n) is 7.42. The zero-order valence-corrected chi connectivity index (χ0v) is 11.1. The molecule has 2 nitrogen and oxygen atoms in total. The van der Waals surface area contributed by atoms with Gasteiger partial charge in [-0.25, -0.2) is 0 Å². The second-order valence-electron chi connectivity index (χ2n) is 5.85. The van der Waals surface area contributed by atoms with Gasteiger partial charge in [0.1, 0.15) is 0 Å². The molecule has 3 N–H and O–H groups in total. The lowest BCUT2D eigenvalue weighted by molar-refractivity contribution is 0.322. The van der Waals surface area contributed by atoms with Crippen molar-refractivity contribution in [2.75, 3.05) is 13.1 Å². The van der Waals surface area contributed by atoms with E-state index in [2.05, 4.69) is 23.5 Å². The highest BCUT2D eigenvalue weighted by atomic mass is 14.9. The molecule has 98 valence electrons. The first kappa shape index (κ1) is 12.2. The molecular weight excluding hydrogens is 220 g/mol. The summed E-state index contributed by atoms with van der Waals surface area (Å²) in [6, 6.07) is 7.22. The fourth-order valence-electron chi connectivity index (χ4n) is 3.44. The molecule has 1 aliphatic carbocycles. The zero-order valence-electron chi connectivity index (χ0n) is 11.1. The number of nitrogens with one attached hydrogen (secondary N) is 1. The molecule has 1 saturated heterocycles. The van der Waals surface area contributed by atoms with Crippen molar-refractivity contribution in [1.29, 1.82) is 0 Å². The maximum atomic E-state index is 6.48. The molecule has 1 aromatic rings. The van der Waals surface area contributed by atoms with Crippen LogP contribution < -0.4 is 11.1 Å². The molecule has 0 spiro atoms. The number of nitrogens with two attached hydrogens (primary N) is 1. The minimum atomic E-state index is 0.235. The van der Waals surface area contributed by atoms with E-state index in [1.807, 2.05) is 0 Å². The Morgan fingerprint density at radius 2 is 1.78 bits per heavy atom. The third kappa shape index (κ3) is 2.45. The van der Waals surface area contributed by atoms with Crippen molar-refractivity contribution in [3.63, 3.8) is 0 Å². The Morgan fingerprint density at radius 1 is 1.06 bits per heavy atom. The summed E-state index contributed by atoms with van der Waals surface area (Å²) in [4.78, 5) is 0. The molecule has 1 aromatic carbocycles. The van der Waals surface area contributed by atoms with Crippen LogP contribution in [0.4, 0.5) is 0 Å². The molecule has 1 unspecified atom stereocenters. The highest BCUT2D eigenvalue weighted by Crippen LogP contribution is 2.30. The zero-order chi connectivity index (χ0) is 12.4. The lowest BCUT2D eigenvalue weighted by atomic mass is 9.83. The van der Waals surface area contributed by atoms with Crippen LogP contribution in [0.15, 0.2) is 18.2 Å². The van der Waals surface area contributed by atoms with Gasteiger partial charge >= 0.3 is 0 Å². The first-order valence-corrected chi connectivity index (χ1v) is 7.42. The average molecular weight is 244 g/mol. The van der Waals surface area contributed by atoms with Crippen LogP contribution >= 0.6 is 0 Å². The van der Waals surface area contributed by atoms with Gasteiger partial charge in [-0.15, -0.1) is 0 Å². The predicted molar refractivity (Wildman–Crippen MR) is 75.6 cm³/mol. The number of hydrogen-bond donors (Lipinski definition) is 2. The van der Waals surface area contributed by atoms with Gasteiger partial charge in [-0.2, -0.15) is 0 Å². The Kier molecular flexibility index (Phi) is 3.67. The molecule has 0 saturated carbocycles. The van der Waals surface area contributed by atoms with Gasteiger partial charge in [-0.05, 0) is 74.2 Å². The monoisotopic (exact) mass is 244 g/mol. The summed E-state index contributed by atoms with van der Waals surface area (Å²) < 4.78 is 0. The molecule has 1 heterocycles. The van der Waals surface area contributed by atoms with E-state index in [-0.39, 0.29) is 6.04 Å².